The molecule has 2 saturated heterocycles. The summed E-state index contributed by atoms with van der Waals surface area (Å²) in [6.45, 7) is 6.27. The van der Waals surface area contributed by atoms with Crippen molar-refractivity contribution in [2.24, 2.45) is 0 Å². The first-order chi connectivity index (χ1) is 12.5. The maximum atomic E-state index is 12.9. The molecule has 0 spiro atoms. The lowest BCUT2D eigenvalue weighted by Gasteiger charge is -2.32. The smallest absolute Gasteiger partial charge is 0.262 e. The summed E-state index contributed by atoms with van der Waals surface area (Å²) in [7, 11) is -3.59. The zero-order chi connectivity index (χ0) is 18.6. The number of nitrogens with one attached hydrogen (secondary N) is 1. The number of rotatable bonds is 6. The second-order valence-electron chi connectivity index (χ2n) is 6.72. The molecule has 3 heterocycles. The van der Waals surface area contributed by atoms with Crippen LogP contribution >= 0.6 is 23.1 Å². The van der Waals surface area contributed by atoms with Gasteiger partial charge in [0, 0.05) is 43.7 Å². The van der Waals surface area contributed by atoms with E-state index in [0.29, 0.717) is 18.0 Å². The molecular formula is C17H27N3O3S3. The lowest BCUT2D eigenvalue weighted by molar-refractivity contribution is 0.0912. The molecule has 2 aliphatic heterocycles. The molecule has 0 atom stereocenters. The molecule has 1 N–H and O–H groups in total. The van der Waals surface area contributed by atoms with Crippen molar-refractivity contribution in [1.82, 2.24) is 14.5 Å². The number of sulfonamides is 1. The molecule has 1 amide bonds. The normalized spacial score (nSPS) is 21.0. The van der Waals surface area contributed by atoms with Crippen LogP contribution < -0.4 is 5.32 Å². The van der Waals surface area contributed by atoms with Gasteiger partial charge in [0.25, 0.3) is 5.91 Å². The summed E-state index contributed by atoms with van der Waals surface area (Å²) < 4.78 is 27.3. The number of piperidine rings is 1. The van der Waals surface area contributed by atoms with E-state index in [1.807, 2.05) is 0 Å². The molecule has 0 aromatic carbocycles. The Morgan fingerprint density at radius 3 is 2.58 bits per heavy atom. The summed E-state index contributed by atoms with van der Waals surface area (Å²) in [4.78, 5) is 15.6. The van der Waals surface area contributed by atoms with Gasteiger partial charge in [0.2, 0.25) is 10.0 Å². The topological polar surface area (TPSA) is 69.7 Å². The molecule has 0 aliphatic carbocycles. The fourth-order valence-corrected chi connectivity index (χ4v) is 7.34. The summed E-state index contributed by atoms with van der Waals surface area (Å²) in [5.41, 5.74) is 0. The van der Waals surface area contributed by atoms with E-state index in [-0.39, 0.29) is 16.8 Å². The molecule has 9 heteroatoms. The summed E-state index contributed by atoms with van der Waals surface area (Å²) >= 11 is 2.97. The van der Waals surface area contributed by atoms with E-state index in [9.17, 15) is 13.2 Å². The van der Waals surface area contributed by atoms with Crippen molar-refractivity contribution in [3.63, 3.8) is 0 Å². The molecule has 0 unspecified atom stereocenters. The molecule has 146 valence electrons. The lowest BCUT2D eigenvalue weighted by Crippen LogP contribution is -2.45. The average Bonchev–Trinajstić information content (AvgIpc) is 3.15. The highest BCUT2D eigenvalue weighted by atomic mass is 32.2. The van der Waals surface area contributed by atoms with Gasteiger partial charge in [-0.15, -0.1) is 11.3 Å². The summed E-state index contributed by atoms with van der Waals surface area (Å²) in [6, 6.07) is 1.69. The quantitative estimate of drug-likeness (QED) is 0.768. The van der Waals surface area contributed by atoms with Crippen LogP contribution in [0, 0.1) is 0 Å². The Bertz CT molecular complexity index is 706. The van der Waals surface area contributed by atoms with Crippen LogP contribution in [-0.4, -0.2) is 73.8 Å². The highest BCUT2D eigenvalue weighted by molar-refractivity contribution is 7.99. The van der Waals surface area contributed by atoms with Crippen LogP contribution in [0.5, 0.6) is 0 Å². The molecule has 26 heavy (non-hydrogen) atoms. The van der Waals surface area contributed by atoms with Gasteiger partial charge in [-0.3, -0.25) is 4.79 Å². The second-order valence-corrected chi connectivity index (χ2v) is 10.8. The van der Waals surface area contributed by atoms with E-state index in [4.69, 9.17) is 0 Å². The first-order valence-electron chi connectivity index (χ1n) is 9.21. The van der Waals surface area contributed by atoms with E-state index in [1.165, 1.54) is 15.6 Å². The zero-order valence-electron chi connectivity index (χ0n) is 15.1. The van der Waals surface area contributed by atoms with Crippen LogP contribution in [0.15, 0.2) is 16.3 Å². The molecule has 0 saturated carbocycles. The highest BCUT2D eigenvalue weighted by Crippen LogP contribution is 2.27. The lowest BCUT2D eigenvalue weighted by atomic mass is 10.0. The van der Waals surface area contributed by atoms with Crippen molar-refractivity contribution in [3.05, 3.63) is 16.3 Å². The Labute approximate surface area is 164 Å². The van der Waals surface area contributed by atoms with E-state index < -0.39 is 10.0 Å². The Kier molecular flexibility index (Phi) is 7.01. The van der Waals surface area contributed by atoms with Gasteiger partial charge in [0.15, 0.2) is 0 Å². The minimum atomic E-state index is -3.59. The van der Waals surface area contributed by atoms with Crippen LogP contribution in [0.4, 0.5) is 0 Å². The minimum absolute atomic E-state index is 0.125. The van der Waals surface area contributed by atoms with Gasteiger partial charge >= 0.3 is 0 Å². The third-order valence-electron chi connectivity index (χ3n) is 4.89. The van der Waals surface area contributed by atoms with Crippen LogP contribution in [0.2, 0.25) is 0 Å². The Hall–Kier alpha value is -0.610. The molecule has 3 rings (SSSR count). The largest absolute Gasteiger partial charge is 0.348 e. The van der Waals surface area contributed by atoms with E-state index in [0.717, 1.165) is 50.4 Å². The Balaban J connectivity index is 1.65. The molecule has 6 nitrogen and oxygen atoms in total. The number of amides is 1. The van der Waals surface area contributed by atoms with Crippen molar-refractivity contribution in [1.29, 1.82) is 0 Å². The number of carbonyl (C=O) groups is 1. The van der Waals surface area contributed by atoms with Gasteiger partial charge in [-0.1, -0.05) is 6.92 Å². The fraction of sp³-hybridized carbons (Fsp3) is 0.706. The minimum Gasteiger partial charge on any atom is -0.348 e. The van der Waals surface area contributed by atoms with Gasteiger partial charge in [-0.05, 0) is 37.3 Å². The third kappa shape index (κ3) is 4.62. The zero-order valence-corrected chi connectivity index (χ0v) is 17.6. The molecule has 1 aromatic heterocycles. The second kappa shape index (κ2) is 9.05. The van der Waals surface area contributed by atoms with E-state index in [1.54, 1.807) is 23.2 Å². The van der Waals surface area contributed by atoms with Crippen molar-refractivity contribution in [2.75, 3.05) is 44.2 Å². The molecule has 0 bridgehead atoms. The Morgan fingerprint density at radius 1 is 1.23 bits per heavy atom. The first-order valence-corrected chi connectivity index (χ1v) is 12.7. The number of carbonyl (C=O) groups excluding carboxylic acids is 1. The predicted octanol–water partition coefficient (Wildman–Crippen LogP) is 2.09. The SMILES string of the molecule is CCCN1CCC(NC(=O)c2sccc2S(=O)(=O)N2CCSCC2)CC1. The van der Waals surface area contributed by atoms with Crippen molar-refractivity contribution >= 4 is 39.0 Å². The van der Waals surface area contributed by atoms with Crippen molar-refractivity contribution < 1.29 is 13.2 Å². The third-order valence-corrected chi connectivity index (χ3v) is 8.81. The number of thioether (sulfide) groups is 1. The van der Waals surface area contributed by atoms with Crippen LogP contribution in [0.3, 0.4) is 0 Å². The maximum absolute atomic E-state index is 12.9. The number of hydrogen-bond donors (Lipinski definition) is 1. The molecule has 2 fully saturated rings. The van der Waals surface area contributed by atoms with E-state index >= 15 is 0 Å². The standard InChI is InChI=1S/C17H27N3O3S3/c1-2-6-19-7-3-14(4-8-19)18-17(21)16-15(5-11-25-16)26(22,23)20-9-12-24-13-10-20/h5,11,14H,2-4,6-10,12-13H2,1H3,(H,18,21). The number of thiophene rings is 1. The van der Waals surface area contributed by atoms with Gasteiger partial charge in [0.05, 0.1) is 0 Å². The number of hydrogen-bond acceptors (Lipinski definition) is 6. The number of nitrogens with zero attached hydrogens (tertiary/aromatic N) is 2. The van der Waals surface area contributed by atoms with Crippen LogP contribution in [-0.2, 0) is 10.0 Å². The molecule has 1 aromatic rings. The van der Waals surface area contributed by atoms with Crippen molar-refractivity contribution in [2.45, 2.75) is 37.1 Å². The molecule has 0 radical (unpaired) electrons. The first kappa shape index (κ1) is 20.1. The van der Waals surface area contributed by atoms with Gasteiger partial charge in [-0.2, -0.15) is 16.1 Å². The van der Waals surface area contributed by atoms with Gasteiger partial charge in [-0.25, -0.2) is 8.42 Å². The van der Waals surface area contributed by atoms with Crippen LogP contribution in [0.1, 0.15) is 35.9 Å². The van der Waals surface area contributed by atoms with E-state index in [2.05, 4.69) is 17.1 Å². The summed E-state index contributed by atoms with van der Waals surface area (Å²) in [6.07, 6.45) is 2.98. The van der Waals surface area contributed by atoms with Crippen LogP contribution in [0.25, 0.3) is 0 Å². The summed E-state index contributed by atoms with van der Waals surface area (Å²) in [5, 5.41) is 4.76. The summed E-state index contributed by atoms with van der Waals surface area (Å²) in [5.74, 6) is 1.36. The highest BCUT2D eigenvalue weighted by Gasteiger charge is 2.32. The number of likely N-dealkylation sites (tertiary alicyclic amines) is 1. The average molecular weight is 418 g/mol. The van der Waals surface area contributed by atoms with Gasteiger partial charge in [0.1, 0.15) is 9.77 Å². The monoisotopic (exact) mass is 417 g/mol. The molecule has 2 aliphatic rings. The van der Waals surface area contributed by atoms with Crippen molar-refractivity contribution in [3.8, 4) is 0 Å². The van der Waals surface area contributed by atoms with Gasteiger partial charge < -0.3 is 10.2 Å². The maximum Gasteiger partial charge on any atom is 0.262 e. The molecular weight excluding hydrogens is 390 g/mol. The Morgan fingerprint density at radius 2 is 1.92 bits per heavy atom. The fourth-order valence-electron chi connectivity index (χ4n) is 3.46. The predicted molar refractivity (Wildman–Crippen MR) is 108 cm³/mol.